The summed E-state index contributed by atoms with van der Waals surface area (Å²) in [4.78, 5) is 13.0. The molecule has 1 rings (SSSR count). The molecule has 0 aromatic heterocycles. The predicted octanol–water partition coefficient (Wildman–Crippen LogP) is 2.92. The molecule has 0 aliphatic carbocycles. The van der Waals surface area contributed by atoms with E-state index >= 15 is 0 Å². The molecule has 0 aliphatic heterocycles. The van der Waals surface area contributed by atoms with Crippen LogP contribution in [0.1, 0.15) is 31.1 Å². The molecular formula is C13H19ClN2OS. The summed E-state index contributed by atoms with van der Waals surface area (Å²) >= 11 is 7.56. The zero-order chi connectivity index (χ0) is 13.8. The van der Waals surface area contributed by atoms with Crippen LogP contribution in [0.3, 0.4) is 0 Å². The average molecular weight is 287 g/mol. The van der Waals surface area contributed by atoms with Crippen LogP contribution >= 0.6 is 23.4 Å². The number of nitrogens with one attached hydrogen (secondary N) is 1. The van der Waals surface area contributed by atoms with Gasteiger partial charge in [0.15, 0.2) is 0 Å². The van der Waals surface area contributed by atoms with Gasteiger partial charge in [-0.1, -0.05) is 18.5 Å². The summed E-state index contributed by atoms with van der Waals surface area (Å²) in [6.45, 7) is 6.21. The predicted molar refractivity (Wildman–Crippen MR) is 78.4 cm³/mol. The highest BCUT2D eigenvalue weighted by molar-refractivity contribution is 7.99. The van der Waals surface area contributed by atoms with Crippen molar-refractivity contribution in [1.29, 1.82) is 0 Å². The molecule has 0 radical (unpaired) electrons. The minimum atomic E-state index is -0.424. The smallest absolute Gasteiger partial charge is 0.252 e. The Balaban J connectivity index is 2.86. The number of rotatable bonds is 5. The van der Waals surface area contributed by atoms with Crippen molar-refractivity contribution in [3.8, 4) is 0 Å². The molecule has 1 aromatic rings. The lowest BCUT2D eigenvalue weighted by Gasteiger charge is -2.19. The molecule has 0 unspecified atom stereocenters. The van der Waals surface area contributed by atoms with E-state index in [-0.39, 0.29) is 5.91 Å². The SMILES string of the molecule is CCSc1ccc(Cl)cc1C(=O)NCC(C)(C)N. The number of carbonyl (C=O) groups is 1. The number of nitrogens with two attached hydrogens (primary N) is 1. The highest BCUT2D eigenvalue weighted by Crippen LogP contribution is 2.25. The number of benzene rings is 1. The third-order valence-electron chi connectivity index (χ3n) is 2.19. The monoisotopic (exact) mass is 286 g/mol. The van der Waals surface area contributed by atoms with Gasteiger partial charge >= 0.3 is 0 Å². The van der Waals surface area contributed by atoms with E-state index in [1.54, 1.807) is 23.9 Å². The Morgan fingerprint density at radius 2 is 2.17 bits per heavy atom. The summed E-state index contributed by atoms with van der Waals surface area (Å²) in [5, 5.41) is 3.39. The summed E-state index contributed by atoms with van der Waals surface area (Å²) in [6, 6.07) is 5.36. The van der Waals surface area contributed by atoms with Crippen LogP contribution in [0, 0.1) is 0 Å². The maximum absolute atomic E-state index is 12.1. The van der Waals surface area contributed by atoms with E-state index in [0.717, 1.165) is 10.6 Å². The van der Waals surface area contributed by atoms with Crippen LogP contribution < -0.4 is 11.1 Å². The summed E-state index contributed by atoms with van der Waals surface area (Å²) in [5.74, 6) is 0.775. The minimum Gasteiger partial charge on any atom is -0.350 e. The molecule has 0 saturated carbocycles. The molecule has 0 spiro atoms. The molecular weight excluding hydrogens is 268 g/mol. The average Bonchev–Trinajstić information content (AvgIpc) is 2.27. The van der Waals surface area contributed by atoms with Crippen LogP contribution in [0.15, 0.2) is 23.1 Å². The topological polar surface area (TPSA) is 55.1 Å². The van der Waals surface area contributed by atoms with Gasteiger partial charge in [0.05, 0.1) is 5.56 Å². The van der Waals surface area contributed by atoms with E-state index in [0.29, 0.717) is 17.1 Å². The molecule has 1 aromatic carbocycles. The molecule has 18 heavy (non-hydrogen) atoms. The summed E-state index contributed by atoms with van der Waals surface area (Å²) in [6.07, 6.45) is 0. The van der Waals surface area contributed by atoms with E-state index in [9.17, 15) is 4.79 Å². The van der Waals surface area contributed by atoms with Gasteiger partial charge in [-0.05, 0) is 37.8 Å². The van der Waals surface area contributed by atoms with Crippen molar-refractivity contribution in [2.24, 2.45) is 5.73 Å². The molecule has 0 heterocycles. The van der Waals surface area contributed by atoms with Crippen molar-refractivity contribution in [3.63, 3.8) is 0 Å². The number of amides is 1. The van der Waals surface area contributed by atoms with Gasteiger partial charge in [0.1, 0.15) is 0 Å². The fourth-order valence-electron chi connectivity index (χ4n) is 1.36. The first-order valence-electron chi connectivity index (χ1n) is 5.83. The molecule has 0 atom stereocenters. The standard InChI is InChI=1S/C13H19ClN2OS/c1-4-18-11-6-5-9(14)7-10(11)12(17)16-8-13(2,3)15/h5-7H,4,8,15H2,1-3H3,(H,16,17). The second kappa shape index (κ2) is 6.45. The lowest BCUT2D eigenvalue weighted by molar-refractivity contribution is 0.0943. The van der Waals surface area contributed by atoms with Gasteiger partial charge in [-0.15, -0.1) is 11.8 Å². The Morgan fingerprint density at radius 3 is 2.72 bits per heavy atom. The maximum Gasteiger partial charge on any atom is 0.252 e. The van der Waals surface area contributed by atoms with Crippen molar-refractivity contribution >= 4 is 29.3 Å². The van der Waals surface area contributed by atoms with E-state index in [2.05, 4.69) is 5.32 Å². The van der Waals surface area contributed by atoms with Crippen LogP contribution in [-0.2, 0) is 0 Å². The normalized spacial score (nSPS) is 11.4. The number of hydrogen-bond donors (Lipinski definition) is 2. The second-order valence-electron chi connectivity index (χ2n) is 4.74. The molecule has 100 valence electrons. The lowest BCUT2D eigenvalue weighted by Crippen LogP contribution is -2.45. The highest BCUT2D eigenvalue weighted by atomic mass is 35.5. The zero-order valence-corrected chi connectivity index (χ0v) is 12.5. The van der Waals surface area contributed by atoms with Gasteiger partial charge in [0.25, 0.3) is 5.91 Å². The Kier molecular flexibility index (Phi) is 5.50. The maximum atomic E-state index is 12.1. The molecule has 0 fully saturated rings. The van der Waals surface area contributed by atoms with Crippen molar-refractivity contribution in [2.75, 3.05) is 12.3 Å². The fraction of sp³-hybridized carbons (Fsp3) is 0.462. The third kappa shape index (κ3) is 4.88. The Bertz CT molecular complexity index is 429. The molecule has 0 bridgehead atoms. The lowest BCUT2D eigenvalue weighted by atomic mass is 10.1. The second-order valence-corrected chi connectivity index (χ2v) is 6.49. The molecule has 3 N–H and O–H groups in total. The minimum absolute atomic E-state index is 0.132. The number of thioether (sulfide) groups is 1. The Morgan fingerprint density at radius 1 is 1.50 bits per heavy atom. The van der Waals surface area contributed by atoms with Crippen molar-refractivity contribution < 1.29 is 4.79 Å². The first-order valence-corrected chi connectivity index (χ1v) is 7.19. The quantitative estimate of drug-likeness (QED) is 0.818. The highest BCUT2D eigenvalue weighted by Gasteiger charge is 2.16. The molecule has 1 amide bonds. The fourth-order valence-corrected chi connectivity index (χ4v) is 2.32. The van der Waals surface area contributed by atoms with Crippen molar-refractivity contribution in [1.82, 2.24) is 5.32 Å². The summed E-state index contributed by atoms with van der Waals surface area (Å²) < 4.78 is 0. The molecule has 0 aliphatic rings. The van der Waals surface area contributed by atoms with Crippen LogP contribution in [0.5, 0.6) is 0 Å². The van der Waals surface area contributed by atoms with Gasteiger partial charge in [-0.3, -0.25) is 4.79 Å². The van der Waals surface area contributed by atoms with Crippen molar-refractivity contribution in [2.45, 2.75) is 31.2 Å². The zero-order valence-electron chi connectivity index (χ0n) is 10.9. The first-order chi connectivity index (χ1) is 8.33. The van der Waals surface area contributed by atoms with E-state index < -0.39 is 5.54 Å². The largest absolute Gasteiger partial charge is 0.350 e. The van der Waals surface area contributed by atoms with Crippen LogP contribution in [0.25, 0.3) is 0 Å². The first kappa shape index (κ1) is 15.3. The molecule has 5 heteroatoms. The van der Waals surface area contributed by atoms with Crippen LogP contribution in [-0.4, -0.2) is 23.7 Å². The van der Waals surface area contributed by atoms with E-state index in [1.807, 2.05) is 26.8 Å². The van der Waals surface area contributed by atoms with Gasteiger partial charge < -0.3 is 11.1 Å². The Hall–Kier alpha value is -0.710. The summed E-state index contributed by atoms with van der Waals surface area (Å²) in [5.41, 5.74) is 6.03. The number of carbonyl (C=O) groups excluding carboxylic acids is 1. The van der Waals surface area contributed by atoms with Gasteiger partial charge in [-0.25, -0.2) is 0 Å². The van der Waals surface area contributed by atoms with Gasteiger partial charge in [0, 0.05) is 22.0 Å². The summed E-state index contributed by atoms with van der Waals surface area (Å²) in [7, 11) is 0. The van der Waals surface area contributed by atoms with Gasteiger partial charge in [-0.2, -0.15) is 0 Å². The number of hydrogen-bond acceptors (Lipinski definition) is 3. The van der Waals surface area contributed by atoms with E-state index in [1.165, 1.54) is 0 Å². The van der Waals surface area contributed by atoms with Crippen LogP contribution in [0.2, 0.25) is 5.02 Å². The molecule has 0 saturated heterocycles. The molecule has 3 nitrogen and oxygen atoms in total. The third-order valence-corrected chi connectivity index (χ3v) is 3.38. The van der Waals surface area contributed by atoms with Crippen molar-refractivity contribution in [3.05, 3.63) is 28.8 Å². The van der Waals surface area contributed by atoms with E-state index in [4.69, 9.17) is 17.3 Å². The Labute approximate surface area is 117 Å². The van der Waals surface area contributed by atoms with Gasteiger partial charge in [0.2, 0.25) is 0 Å². The number of halogens is 1. The van der Waals surface area contributed by atoms with Crippen LogP contribution in [0.4, 0.5) is 0 Å².